The number of carbonyl (C=O) groups excluding carboxylic acids is 2. The van der Waals surface area contributed by atoms with E-state index in [0.717, 1.165) is 12.3 Å². The summed E-state index contributed by atoms with van der Waals surface area (Å²) in [5.41, 5.74) is 4.46. The standard InChI is InChI=1S/C10H12N4O6/c1-13-4-5(14(19)20)2-7(13)9(16)12-6(10(17)18)3-8(11)15/h2,4,6H,3H2,1H3,(H2,11,15)(H,12,16)(H,17,18)/t6-/m0/s1. The Kier molecular flexibility index (Phi) is 4.41. The smallest absolute Gasteiger partial charge is 0.326 e. The first-order valence-corrected chi connectivity index (χ1v) is 5.35. The highest BCUT2D eigenvalue weighted by molar-refractivity contribution is 5.97. The van der Waals surface area contributed by atoms with Gasteiger partial charge in [-0.1, -0.05) is 0 Å². The van der Waals surface area contributed by atoms with Crippen molar-refractivity contribution in [2.75, 3.05) is 0 Å². The molecule has 0 aromatic carbocycles. The summed E-state index contributed by atoms with van der Waals surface area (Å²) in [7, 11) is 1.39. The van der Waals surface area contributed by atoms with Crippen LogP contribution in [-0.2, 0) is 16.6 Å². The summed E-state index contributed by atoms with van der Waals surface area (Å²) >= 11 is 0. The Morgan fingerprint density at radius 3 is 2.55 bits per heavy atom. The lowest BCUT2D eigenvalue weighted by Crippen LogP contribution is -2.43. The van der Waals surface area contributed by atoms with Crippen LogP contribution in [-0.4, -0.2) is 38.4 Å². The zero-order chi connectivity index (χ0) is 15.4. The van der Waals surface area contributed by atoms with Crippen LogP contribution in [0.5, 0.6) is 0 Å². The van der Waals surface area contributed by atoms with E-state index in [0.29, 0.717) is 0 Å². The lowest BCUT2D eigenvalue weighted by atomic mass is 10.2. The second kappa shape index (κ2) is 5.82. The molecule has 0 radical (unpaired) electrons. The number of carboxylic acids is 1. The van der Waals surface area contributed by atoms with Crippen molar-refractivity contribution in [1.29, 1.82) is 0 Å². The minimum Gasteiger partial charge on any atom is -0.480 e. The van der Waals surface area contributed by atoms with Crippen molar-refractivity contribution in [1.82, 2.24) is 9.88 Å². The number of aromatic nitrogens is 1. The minimum absolute atomic E-state index is 0.104. The molecule has 4 N–H and O–H groups in total. The van der Waals surface area contributed by atoms with Gasteiger partial charge in [-0.05, 0) is 0 Å². The molecule has 1 rings (SSSR count). The van der Waals surface area contributed by atoms with Gasteiger partial charge in [-0.2, -0.15) is 0 Å². The third kappa shape index (κ3) is 3.54. The molecule has 2 amide bonds. The number of carbonyl (C=O) groups is 3. The van der Waals surface area contributed by atoms with Crippen LogP contribution in [0.1, 0.15) is 16.9 Å². The van der Waals surface area contributed by atoms with Crippen LogP contribution < -0.4 is 11.1 Å². The number of nitrogens with two attached hydrogens (primary N) is 1. The average Bonchev–Trinajstić information content (AvgIpc) is 2.69. The molecule has 0 aliphatic carbocycles. The van der Waals surface area contributed by atoms with Gasteiger partial charge in [0.05, 0.1) is 17.5 Å². The fourth-order valence-corrected chi connectivity index (χ4v) is 1.51. The number of aliphatic carboxylic acids is 1. The molecule has 1 aromatic heterocycles. The average molecular weight is 284 g/mol. The quantitative estimate of drug-likeness (QED) is 0.448. The Hall–Kier alpha value is -2.91. The summed E-state index contributed by atoms with van der Waals surface area (Å²) < 4.78 is 1.18. The molecule has 1 heterocycles. The highest BCUT2D eigenvalue weighted by Gasteiger charge is 2.25. The van der Waals surface area contributed by atoms with Crippen molar-refractivity contribution < 1.29 is 24.4 Å². The highest BCUT2D eigenvalue weighted by Crippen LogP contribution is 2.15. The summed E-state index contributed by atoms with van der Waals surface area (Å²) in [6.07, 6.45) is 0.534. The second-order valence-corrected chi connectivity index (χ2v) is 3.99. The number of amides is 2. The van der Waals surface area contributed by atoms with E-state index in [2.05, 4.69) is 5.32 Å². The Morgan fingerprint density at radius 1 is 1.55 bits per heavy atom. The van der Waals surface area contributed by atoms with Crippen molar-refractivity contribution in [3.05, 3.63) is 28.1 Å². The van der Waals surface area contributed by atoms with E-state index in [1.807, 2.05) is 0 Å². The fraction of sp³-hybridized carbons (Fsp3) is 0.300. The maximum absolute atomic E-state index is 11.8. The van der Waals surface area contributed by atoms with E-state index >= 15 is 0 Å². The predicted octanol–water partition coefficient (Wildman–Crippen LogP) is -1.01. The molecule has 108 valence electrons. The Bertz CT molecular complexity index is 578. The lowest BCUT2D eigenvalue weighted by Gasteiger charge is -2.12. The SMILES string of the molecule is Cn1cc([N+](=O)[O-])cc1C(=O)N[C@@H](CC(N)=O)C(=O)O. The molecule has 1 atom stereocenters. The van der Waals surface area contributed by atoms with Crippen LogP contribution in [0, 0.1) is 10.1 Å². The van der Waals surface area contributed by atoms with Gasteiger partial charge >= 0.3 is 5.97 Å². The molecule has 0 spiro atoms. The first-order chi connectivity index (χ1) is 9.22. The highest BCUT2D eigenvalue weighted by atomic mass is 16.6. The second-order valence-electron chi connectivity index (χ2n) is 3.99. The Labute approximate surface area is 112 Å². The number of nitrogens with one attached hydrogen (secondary N) is 1. The van der Waals surface area contributed by atoms with Gasteiger partial charge in [0.15, 0.2) is 0 Å². The molecule has 0 aliphatic rings. The van der Waals surface area contributed by atoms with E-state index in [-0.39, 0.29) is 11.4 Å². The van der Waals surface area contributed by atoms with Gasteiger partial charge in [0, 0.05) is 13.1 Å². The summed E-state index contributed by atoms with van der Waals surface area (Å²) in [6.45, 7) is 0. The minimum atomic E-state index is -1.49. The van der Waals surface area contributed by atoms with Gasteiger partial charge in [0.2, 0.25) is 5.91 Å². The molecule has 20 heavy (non-hydrogen) atoms. The first-order valence-electron chi connectivity index (χ1n) is 5.35. The van der Waals surface area contributed by atoms with Crippen molar-refractivity contribution in [3.8, 4) is 0 Å². The molecule has 0 saturated carbocycles. The van der Waals surface area contributed by atoms with Gasteiger partial charge in [-0.3, -0.25) is 19.7 Å². The normalized spacial score (nSPS) is 11.7. The molecule has 0 unspecified atom stereocenters. The maximum Gasteiger partial charge on any atom is 0.326 e. The zero-order valence-corrected chi connectivity index (χ0v) is 10.4. The van der Waals surface area contributed by atoms with Crippen LogP contribution in [0.2, 0.25) is 0 Å². The van der Waals surface area contributed by atoms with Crippen molar-refractivity contribution in [3.63, 3.8) is 0 Å². The van der Waals surface area contributed by atoms with E-state index in [1.165, 1.54) is 11.6 Å². The largest absolute Gasteiger partial charge is 0.480 e. The summed E-state index contributed by atoms with van der Waals surface area (Å²) in [5.74, 6) is -3.18. The molecule has 1 aromatic rings. The van der Waals surface area contributed by atoms with Crippen molar-refractivity contribution in [2.45, 2.75) is 12.5 Å². The monoisotopic (exact) mass is 284 g/mol. The van der Waals surface area contributed by atoms with E-state index in [1.54, 1.807) is 0 Å². The Morgan fingerprint density at radius 2 is 2.15 bits per heavy atom. The molecule has 0 saturated heterocycles. The van der Waals surface area contributed by atoms with E-state index in [4.69, 9.17) is 10.8 Å². The number of aryl methyl sites for hydroxylation is 1. The molecule has 0 bridgehead atoms. The predicted molar refractivity (Wildman–Crippen MR) is 64.8 cm³/mol. The van der Waals surface area contributed by atoms with Crippen LogP contribution >= 0.6 is 0 Å². The lowest BCUT2D eigenvalue weighted by molar-refractivity contribution is -0.384. The number of rotatable bonds is 6. The van der Waals surface area contributed by atoms with Crippen LogP contribution in [0.25, 0.3) is 0 Å². The van der Waals surface area contributed by atoms with E-state index < -0.39 is 35.2 Å². The maximum atomic E-state index is 11.8. The molecular formula is C10H12N4O6. The summed E-state index contributed by atoms with van der Waals surface area (Å²) in [4.78, 5) is 43.3. The van der Waals surface area contributed by atoms with Gasteiger partial charge in [-0.15, -0.1) is 0 Å². The summed E-state index contributed by atoms with van der Waals surface area (Å²) in [6, 6.07) is -0.493. The molecule has 10 heteroatoms. The number of hydrogen-bond acceptors (Lipinski definition) is 5. The van der Waals surface area contributed by atoms with E-state index in [9.17, 15) is 24.5 Å². The number of nitrogens with zero attached hydrogens (tertiary/aromatic N) is 2. The molecule has 0 fully saturated rings. The molecule has 0 aliphatic heterocycles. The first kappa shape index (κ1) is 15.1. The number of nitro groups is 1. The third-order valence-corrected chi connectivity index (χ3v) is 2.44. The summed E-state index contributed by atoms with van der Waals surface area (Å²) in [5, 5.41) is 21.5. The van der Waals surface area contributed by atoms with Crippen LogP contribution in [0.3, 0.4) is 0 Å². The number of carboxylic acid groups (broad SMARTS) is 1. The Balaban J connectivity index is 2.91. The van der Waals surface area contributed by atoms with Gasteiger partial charge in [0.25, 0.3) is 11.6 Å². The molecule has 10 nitrogen and oxygen atoms in total. The number of primary amides is 1. The fourth-order valence-electron chi connectivity index (χ4n) is 1.51. The van der Waals surface area contributed by atoms with Gasteiger partial charge < -0.3 is 20.7 Å². The van der Waals surface area contributed by atoms with Crippen LogP contribution in [0.15, 0.2) is 12.3 Å². The number of hydrogen-bond donors (Lipinski definition) is 3. The van der Waals surface area contributed by atoms with Crippen molar-refractivity contribution >= 4 is 23.5 Å². The van der Waals surface area contributed by atoms with Gasteiger partial charge in [0.1, 0.15) is 11.7 Å². The molecular weight excluding hydrogens is 272 g/mol. The van der Waals surface area contributed by atoms with Crippen LogP contribution in [0.4, 0.5) is 5.69 Å². The van der Waals surface area contributed by atoms with Crippen molar-refractivity contribution in [2.24, 2.45) is 12.8 Å². The topological polar surface area (TPSA) is 158 Å². The third-order valence-electron chi connectivity index (χ3n) is 2.44. The van der Waals surface area contributed by atoms with Gasteiger partial charge in [-0.25, -0.2) is 4.79 Å². The zero-order valence-electron chi connectivity index (χ0n) is 10.4.